The van der Waals surface area contributed by atoms with Crippen LogP contribution in [0.1, 0.15) is 17.2 Å². The molecule has 2 heterocycles. The molecule has 0 fully saturated rings. The fourth-order valence-corrected chi connectivity index (χ4v) is 3.50. The number of anilines is 1. The van der Waals surface area contributed by atoms with Crippen LogP contribution in [0.15, 0.2) is 71.8 Å². The van der Waals surface area contributed by atoms with Gasteiger partial charge in [0, 0.05) is 5.69 Å². The lowest BCUT2D eigenvalue weighted by atomic mass is 9.94. The normalized spacial score (nSPS) is 15.7. The quantitative estimate of drug-likeness (QED) is 0.414. The van der Waals surface area contributed by atoms with Gasteiger partial charge in [-0.1, -0.05) is 18.2 Å². The van der Waals surface area contributed by atoms with Gasteiger partial charge in [-0.05, 0) is 54.1 Å². The van der Waals surface area contributed by atoms with Gasteiger partial charge in [-0.15, -0.1) is 13.2 Å². The molecule has 176 valence electrons. The first-order chi connectivity index (χ1) is 16.2. The number of rotatable bonds is 6. The summed E-state index contributed by atoms with van der Waals surface area (Å²) in [5.74, 6) is -2.44. The molecule has 0 saturated heterocycles. The van der Waals surface area contributed by atoms with E-state index in [1.165, 1.54) is 53.5 Å². The fraction of sp³-hybridized carbons (Fsp3) is 0.174. The molecular formula is C23H17F5N4O2. The number of alkyl halides is 3. The first kappa shape index (κ1) is 23.1. The lowest BCUT2D eigenvalue weighted by molar-refractivity contribution is -0.274. The Morgan fingerprint density at radius 2 is 1.74 bits per heavy atom. The van der Waals surface area contributed by atoms with E-state index in [4.69, 9.17) is 0 Å². The van der Waals surface area contributed by atoms with Crippen molar-refractivity contribution in [3.05, 3.63) is 89.8 Å². The highest BCUT2D eigenvalue weighted by atomic mass is 19.4. The average Bonchev–Trinajstić information content (AvgIpc) is 3.18. The van der Waals surface area contributed by atoms with E-state index in [1.807, 2.05) is 0 Å². The molecule has 1 amide bonds. The Morgan fingerprint density at radius 3 is 2.38 bits per heavy atom. The number of nitrogens with one attached hydrogen (secondary N) is 1. The monoisotopic (exact) mass is 476 g/mol. The van der Waals surface area contributed by atoms with Crippen LogP contribution >= 0.6 is 0 Å². The van der Waals surface area contributed by atoms with Gasteiger partial charge in [-0.25, -0.2) is 9.37 Å². The van der Waals surface area contributed by atoms with Crippen LogP contribution in [0, 0.1) is 11.8 Å². The van der Waals surface area contributed by atoms with Crippen molar-refractivity contribution >= 4 is 17.3 Å². The maximum Gasteiger partial charge on any atom is 0.573 e. The van der Waals surface area contributed by atoms with Crippen molar-refractivity contribution in [1.82, 2.24) is 9.99 Å². The van der Waals surface area contributed by atoms with Crippen molar-refractivity contribution in [2.75, 3.05) is 18.4 Å². The molecular weight excluding hydrogens is 459 g/mol. The molecule has 1 atom stereocenters. The van der Waals surface area contributed by atoms with Gasteiger partial charge in [0.05, 0.1) is 23.9 Å². The van der Waals surface area contributed by atoms with Gasteiger partial charge in [-0.3, -0.25) is 9.80 Å². The molecule has 4 rings (SSSR count). The minimum atomic E-state index is -4.81. The number of pyridine rings is 1. The Bertz CT molecular complexity index is 1200. The van der Waals surface area contributed by atoms with E-state index in [0.717, 1.165) is 12.1 Å². The number of carbonyl (C=O) groups is 1. The van der Waals surface area contributed by atoms with Gasteiger partial charge in [-0.2, -0.15) is 9.49 Å². The molecule has 0 aliphatic carbocycles. The fourth-order valence-electron chi connectivity index (χ4n) is 3.50. The Labute approximate surface area is 190 Å². The highest BCUT2D eigenvalue weighted by molar-refractivity contribution is 6.06. The Hall–Kier alpha value is -4.02. The summed E-state index contributed by atoms with van der Waals surface area (Å²) in [6.45, 7) is 0.0340. The Morgan fingerprint density at radius 1 is 1.03 bits per heavy atom. The molecule has 0 radical (unpaired) electrons. The van der Waals surface area contributed by atoms with E-state index in [2.05, 4.69) is 20.1 Å². The van der Waals surface area contributed by atoms with Crippen molar-refractivity contribution < 1.29 is 31.5 Å². The van der Waals surface area contributed by atoms with Crippen molar-refractivity contribution in [3.8, 4) is 5.75 Å². The van der Waals surface area contributed by atoms with Crippen LogP contribution in [0.3, 0.4) is 0 Å². The summed E-state index contributed by atoms with van der Waals surface area (Å²) in [6, 6.07) is 14.7. The number of carbonyl (C=O) groups excluding carboxylic acids is 1. The maximum absolute atomic E-state index is 13.7. The largest absolute Gasteiger partial charge is 0.573 e. The topological polar surface area (TPSA) is 66.8 Å². The van der Waals surface area contributed by atoms with E-state index < -0.39 is 35.7 Å². The number of benzene rings is 2. The molecule has 6 nitrogen and oxygen atoms in total. The minimum Gasteiger partial charge on any atom is -0.406 e. The van der Waals surface area contributed by atoms with Gasteiger partial charge < -0.3 is 10.1 Å². The van der Waals surface area contributed by atoms with Gasteiger partial charge in [0.2, 0.25) is 11.9 Å². The molecule has 2 aromatic carbocycles. The van der Waals surface area contributed by atoms with Gasteiger partial charge in [0.15, 0.2) is 0 Å². The zero-order valence-corrected chi connectivity index (χ0v) is 17.4. The minimum absolute atomic E-state index is 0.183. The highest BCUT2D eigenvalue weighted by Gasteiger charge is 2.32. The maximum atomic E-state index is 13.7. The van der Waals surface area contributed by atoms with Crippen LogP contribution in [-0.2, 0) is 4.79 Å². The molecule has 34 heavy (non-hydrogen) atoms. The van der Waals surface area contributed by atoms with E-state index in [1.54, 1.807) is 6.07 Å². The lowest BCUT2D eigenvalue weighted by Crippen LogP contribution is -2.29. The number of nitrogens with zero attached hydrogens (tertiary/aromatic N) is 3. The summed E-state index contributed by atoms with van der Waals surface area (Å²) in [4.78, 5) is 16.4. The SMILES string of the molecule is O=C(CN1CC(c2cccc(F)n2)C(c2ccc(F)cc2)=N1)Nc1ccc(OC(F)(F)F)cc1. The van der Waals surface area contributed by atoms with Gasteiger partial charge in [0.1, 0.15) is 18.1 Å². The molecule has 1 aliphatic rings. The second-order valence-electron chi connectivity index (χ2n) is 7.40. The molecule has 0 saturated carbocycles. The summed E-state index contributed by atoms with van der Waals surface area (Å²) in [5.41, 5.74) is 1.77. The van der Waals surface area contributed by atoms with Crippen molar-refractivity contribution in [2.45, 2.75) is 12.3 Å². The van der Waals surface area contributed by atoms with Crippen LogP contribution in [0.25, 0.3) is 0 Å². The molecule has 0 spiro atoms. The third-order valence-electron chi connectivity index (χ3n) is 4.90. The average molecular weight is 476 g/mol. The summed E-state index contributed by atoms with van der Waals surface area (Å²) in [5, 5.41) is 8.51. The second-order valence-corrected chi connectivity index (χ2v) is 7.40. The zero-order chi connectivity index (χ0) is 24.3. The summed E-state index contributed by atoms with van der Waals surface area (Å²) >= 11 is 0. The van der Waals surface area contributed by atoms with Crippen LogP contribution in [0.4, 0.5) is 27.6 Å². The number of hydrogen-bond acceptors (Lipinski definition) is 5. The van der Waals surface area contributed by atoms with Crippen LogP contribution in [-0.4, -0.2) is 41.1 Å². The number of amides is 1. The predicted octanol–water partition coefficient (Wildman–Crippen LogP) is 4.70. The van der Waals surface area contributed by atoms with E-state index in [9.17, 15) is 26.7 Å². The third kappa shape index (κ3) is 5.85. The first-order valence-electron chi connectivity index (χ1n) is 10.0. The standard InChI is InChI=1S/C23H17F5N4O2/c24-15-6-4-14(5-7-15)22-18(19-2-1-3-20(25)30-19)12-32(31-22)13-21(33)29-16-8-10-17(11-9-16)34-23(26,27)28/h1-11,18H,12-13H2,(H,29,33). The lowest BCUT2D eigenvalue weighted by Gasteiger charge is -2.16. The van der Waals surface area contributed by atoms with E-state index in [-0.39, 0.29) is 18.8 Å². The van der Waals surface area contributed by atoms with E-state index in [0.29, 0.717) is 17.0 Å². The van der Waals surface area contributed by atoms with Crippen LogP contribution in [0.5, 0.6) is 5.75 Å². The molecule has 0 bridgehead atoms. The molecule has 11 heteroatoms. The summed E-state index contributed by atoms with van der Waals surface area (Å²) < 4.78 is 67.7. The molecule has 3 aromatic rings. The molecule has 1 unspecified atom stereocenters. The number of hydrogen-bond donors (Lipinski definition) is 1. The Balaban J connectivity index is 1.48. The number of halogens is 5. The first-order valence-corrected chi connectivity index (χ1v) is 10.0. The molecule has 1 aliphatic heterocycles. The molecule has 1 aromatic heterocycles. The summed E-state index contributed by atoms with van der Waals surface area (Å²) in [6.07, 6.45) is -4.81. The highest BCUT2D eigenvalue weighted by Crippen LogP contribution is 2.28. The smallest absolute Gasteiger partial charge is 0.406 e. The van der Waals surface area contributed by atoms with Crippen molar-refractivity contribution in [1.29, 1.82) is 0 Å². The number of aromatic nitrogens is 1. The number of hydrazone groups is 1. The van der Waals surface area contributed by atoms with Crippen LogP contribution in [0.2, 0.25) is 0 Å². The van der Waals surface area contributed by atoms with Crippen molar-refractivity contribution in [2.24, 2.45) is 5.10 Å². The summed E-state index contributed by atoms with van der Waals surface area (Å²) in [7, 11) is 0. The van der Waals surface area contributed by atoms with Gasteiger partial charge in [0.25, 0.3) is 0 Å². The predicted molar refractivity (Wildman–Crippen MR) is 113 cm³/mol. The zero-order valence-electron chi connectivity index (χ0n) is 17.4. The second kappa shape index (κ2) is 9.46. The van der Waals surface area contributed by atoms with Crippen LogP contribution < -0.4 is 10.1 Å². The number of ether oxygens (including phenoxy) is 1. The molecule has 1 N–H and O–H groups in total. The Kier molecular flexibility index (Phi) is 6.44. The van der Waals surface area contributed by atoms with Gasteiger partial charge >= 0.3 is 6.36 Å². The van der Waals surface area contributed by atoms with Crippen molar-refractivity contribution in [3.63, 3.8) is 0 Å². The third-order valence-corrected chi connectivity index (χ3v) is 4.90. The van der Waals surface area contributed by atoms with E-state index >= 15 is 0 Å².